The summed E-state index contributed by atoms with van der Waals surface area (Å²) in [5.74, 6) is 1.22. The van der Waals surface area contributed by atoms with Gasteiger partial charge >= 0.3 is 0 Å². The third kappa shape index (κ3) is 3.76. The third-order valence-corrected chi connectivity index (χ3v) is 3.54. The molecule has 0 spiro atoms. The molecule has 2 heterocycles. The summed E-state index contributed by atoms with van der Waals surface area (Å²) >= 11 is 0. The number of pyridine rings is 2. The highest BCUT2D eigenvalue weighted by Gasteiger charge is 2.09. The maximum Gasteiger partial charge on any atom is 0.219 e. The Kier molecular flexibility index (Phi) is 4.84. The fourth-order valence-corrected chi connectivity index (χ4v) is 2.22. The van der Waals surface area contributed by atoms with Crippen LogP contribution in [0, 0.1) is 6.92 Å². The highest BCUT2D eigenvalue weighted by Crippen LogP contribution is 2.25. The van der Waals surface area contributed by atoms with Crippen LogP contribution in [-0.4, -0.2) is 26.8 Å². The van der Waals surface area contributed by atoms with Gasteiger partial charge in [0, 0.05) is 17.8 Å². The van der Waals surface area contributed by atoms with Crippen LogP contribution in [-0.2, 0) is 0 Å². The first-order valence-corrected chi connectivity index (χ1v) is 7.62. The van der Waals surface area contributed by atoms with Crippen LogP contribution < -0.4 is 4.74 Å². The van der Waals surface area contributed by atoms with E-state index in [4.69, 9.17) is 9.84 Å². The number of aromatic nitrogens is 2. The molecule has 0 saturated carbocycles. The number of hydrogen-bond acceptors (Lipinski definition) is 5. The Morgan fingerprint density at radius 1 is 1.04 bits per heavy atom. The lowest BCUT2D eigenvalue weighted by Crippen LogP contribution is -2.05. The minimum atomic E-state index is -0.972. The monoisotopic (exact) mass is 322 g/mol. The topological polar surface area (TPSA) is 75.5 Å². The predicted octanol–water partition coefficient (Wildman–Crippen LogP) is 3.27. The highest BCUT2D eigenvalue weighted by atomic mass is 16.5. The zero-order valence-electron chi connectivity index (χ0n) is 13.3. The minimum Gasteiger partial charge on any atom is -0.439 e. The summed E-state index contributed by atoms with van der Waals surface area (Å²) < 4.78 is 5.70. The summed E-state index contributed by atoms with van der Waals surface area (Å²) in [6.07, 6.45) is 0.783. The van der Waals surface area contributed by atoms with E-state index >= 15 is 0 Å². The second-order valence-electron chi connectivity index (χ2n) is 5.45. The number of nitrogens with zero attached hydrogens (tertiary/aromatic N) is 2. The summed E-state index contributed by atoms with van der Waals surface area (Å²) in [7, 11) is 0. The minimum absolute atomic E-state index is 0.354. The van der Waals surface area contributed by atoms with Crippen LogP contribution in [0.2, 0.25) is 0 Å². The molecule has 0 saturated heterocycles. The van der Waals surface area contributed by atoms with Gasteiger partial charge in [-0.05, 0) is 48.9 Å². The van der Waals surface area contributed by atoms with E-state index in [1.54, 1.807) is 18.3 Å². The van der Waals surface area contributed by atoms with E-state index in [1.165, 1.54) is 0 Å². The van der Waals surface area contributed by atoms with Crippen molar-refractivity contribution in [2.24, 2.45) is 0 Å². The maximum absolute atomic E-state index is 9.69. The Balaban J connectivity index is 1.78. The van der Waals surface area contributed by atoms with Gasteiger partial charge in [-0.3, -0.25) is 0 Å². The molecule has 24 heavy (non-hydrogen) atoms. The van der Waals surface area contributed by atoms with Gasteiger partial charge in [-0.2, -0.15) is 0 Å². The van der Waals surface area contributed by atoms with Gasteiger partial charge in [0.05, 0.1) is 18.0 Å². The van der Waals surface area contributed by atoms with E-state index in [0.717, 1.165) is 16.8 Å². The average molecular weight is 322 g/mol. The van der Waals surface area contributed by atoms with Crippen molar-refractivity contribution in [3.05, 3.63) is 72.1 Å². The van der Waals surface area contributed by atoms with Crippen LogP contribution in [0.5, 0.6) is 11.6 Å². The van der Waals surface area contributed by atoms with Crippen LogP contribution in [0.3, 0.4) is 0 Å². The van der Waals surface area contributed by atoms with Crippen LogP contribution in [0.4, 0.5) is 0 Å². The molecule has 1 atom stereocenters. The number of aliphatic hydroxyl groups excluding tert-OH is 2. The molecule has 1 aromatic carbocycles. The van der Waals surface area contributed by atoms with Crippen LogP contribution in [0.25, 0.3) is 11.3 Å². The number of rotatable bonds is 5. The van der Waals surface area contributed by atoms with Gasteiger partial charge in [-0.25, -0.2) is 9.97 Å². The van der Waals surface area contributed by atoms with Crippen molar-refractivity contribution in [2.75, 3.05) is 6.61 Å². The largest absolute Gasteiger partial charge is 0.439 e. The first-order valence-electron chi connectivity index (χ1n) is 7.62. The molecule has 0 aliphatic rings. The molecule has 0 unspecified atom stereocenters. The van der Waals surface area contributed by atoms with Gasteiger partial charge in [0.25, 0.3) is 0 Å². The molecule has 5 nitrogen and oxygen atoms in total. The van der Waals surface area contributed by atoms with Gasteiger partial charge in [-0.1, -0.05) is 12.1 Å². The quantitative estimate of drug-likeness (QED) is 0.754. The summed E-state index contributed by atoms with van der Waals surface area (Å²) in [4.78, 5) is 8.58. The molecule has 122 valence electrons. The van der Waals surface area contributed by atoms with Crippen LogP contribution in [0.1, 0.15) is 17.4 Å². The molecule has 2 aromatic heterocycles. The highest BCUT2D eigenvalue weighted by molar-refractivity contribution is 5.60. The van der Waals surface area contributed by atoms with Crippen molar-refractivity contribution in [1.82, 2.24) is 9.97 Å². The van der Waals surface area contributed by atoms with Crippen LogP contribution in [0.15, 0.2) is 60.8 Å². The van der Waals surface area contributed by atoms with Gasteiger partial charge in [0.15, 0.2) is 0 Å². The molecular weight excluding hydrogens is 304 g/mol. The van der Waals surface area contributed by atoms with E-state index in [9.17, 15) is 5.11 Å². The Hall–Kier alpha value is -2.76. The molecular formula is C19H18N2O3. The second kappa shape index (κ2) is 7.21. The zero-order chi connectivity index (χ0) is 16.9. The van der Waals surface area contributed by atoms with E-state index in [2.05, 4.69) is 9.97 Å². The Morgan fingerprint density at radius 3 is 2.50 bits per heavy atom. The number of aryl methyl sites for hydroxylation is 1. The molecule has 0 fully saturated rings. The van der Waals surface area contributed by atoms with Crippen LogP contribution >= 0.6 is 0 Å². The van der Waals surface area contributed by atoms with Gasteiger partial charge in [-0.15, -0.1) is 0 Å². The smallest absolute Gasteiger partial charge is 0.219 e. The number of benzene rings is 1. The van der Waals surface area contributed by atoms with Crippen molar-refractivity contribution in [2.45, 2.75) is 13.0 Å². The lowest BCUT2D eigenvalue weighted by Gasteiger charge is -2.09. The fourth-order valence-electron chi connectivity index (χ4n) is 2.22. The van der Waals surface area contributed by atoms with Gasteiger partial charge in [0.1, 0.15) is 11.9 Å². The number of aliphatic hydroxyl groups is 2. The van der Waals surface area contributed by atoms with E-state index in [0.29, 0.717) is 17.3 Å². The molecule has 0 amide bonds. The SMILES string of the molecule is Cc1ccc(Oc2ccc(-c3cccc([C@H](O)CO)n3)cc2)nc1. The van der Waals surface area contributed by atoms with E-state index < -0.39 is 6.10 Å². The Morgan fingerprint density at radius 2 is 1.83 bits per heavy atom. The van der Waals surface area contributed by atoms with Crippen molar-refractivity contribution in [3.63, 3.8) is 0 Å². The van der Waals surface area contributed by atoms with E-state index in [1.807, 2.05) is 49.4 Å². The van der Waals surface area contributed by atoms with Gasteiger partial charge < -0.3 is 14.9 Å². The third-order valence-electron chi connectivity index (χ3n) is 3.54. The summed E-state index contributed by atoms with van der Waals surface area (Å²) in [6, 6.07) is 16.6. The molecule has 3 aromatic rings. The van der Waals surface area contributed by atoms with Crippen molar-refractivity contribution in [3.8, 4) is 22.9 Å². The molecule has 0 aliphatic heterocycles. The molecule has 0 bridgehead atoms. The number of ether oxygens (including phenoxy) is 1. The van der Waals surface area contributed by atoms with Gasteiger partial charge in [0.2, 0.25) is 5.88 Å². The summed E-state index contributed by atoms with van der Waals surface area (Å²) in [5, 5.41) is 18.7. The molecule has 3 rings (SSSR count). The van der Waals surface area contributed by atoms with Crippen molar-refractivity contribution >= 4 is 0 Å². The normalized spacial score (nSPS) is 12.0. The van der Waals surface area contributed by atoms with Crippen molar-refractivity contribution < 1.29 is 14.9 Å². The summed E-state index contributed by atoms with van der Waals surface area (Å²) in [6.45, 7) is 1.62. The average Bonchev–Trinajstić information content (AvgIpc) is 2.64. The first kappa shape index (κ1) is 16.1. The zero-order valence-corrected chi connectivity index (χ0v) is 13.3. The van der Waals surface area contributed by atoms with Crippen molar-refractivity contribution in [1.29, 1.82) is 0 Å². The Bertz CT molecular complexity index is 802. The number of hydrogen-bond donors (Lipinski definition) is 2. The second-order valence-corrected chi connectivity index (χ2v) is 5.45. The first-order chi connectivity index (χ1) is 11.7. The predicted molar refractivity (Wildman–Crippen MR) is 90.8 cm³/mol. The molecule has 2 N–H and O–H groups in total. The molecule has 5 heteroatoms. The lowest BCUT2D eigenvalue weighted by molar-refractivity contribution is 0.0923. The fraction of sp³-hybridized carbons (Fsp3) is 0.158. The molecule has 0 aliphatic carbocycles. The molecule has 0 radical (unpaired) electrons. The lowest BCUT2D eigenvalue weighted by atomic mass is 10.1. The maximum atomic E-state index is 9.69. The summed E-state index contributed by atoms with van der Waals surface area (Å²) in [5.41, 5.74) is 3.14. The standard InChI is InChI=1S/C19H18N2O3/c1-13-5-10-19(20-11-13)24-15-8-6-14(7-9-15)16-3-2-4-17(21-16)18(23)12-22/h2-11,18,22-23H,12H2,1H3/t18-/m1/s1. The van der Waals surface area contributed by atoms with E-state index in [-0.39, 0.29) is 6.61 Å². The Labute approximate surface area is 140 Å².